The zero-order chi connectivity index (χ0) is 16.2. The quantitative estimate of drug-likeness (QED) is 0.800. The number of amides is 1. The third-order valence-corrected chi connectivity index (χ3v) is 3.68. The molecule has 0 aliphatic heterocycles. The third kappa shape index (κ3) is 3.57. The highest BCUT2D eigenvalue weighted by Crippen LogP contribution is 2.16. The molecule has 0 unspecified atom stereocenters. The summed E-state index contributed by atoms with van der Waals surface area (Å²) < 4.78 is 1.72. The van der Waals surface area contributed by atoms with Gasteiger partial charge in [-0.25, -0.2) is 0 Å². The molecule has 2 heterocycles. The normalized spacial score (nSPS) is 10.7. The maximum Gasteiger partial charge on any atom is 0.240 e. The fourth-order valence-corrected chi connectivity index (χ4v) is 2.50. The summed E-state index contributed by atoms with van der Waals surface area (Å²) in [7, 11) is 0. The summed E-state index contributed by atoms with van der Waals surface area (Å²) in [5.41, 5.74) is 1.35. The van der Waals surface area contributed by atoms with E-state index < -0.39 is 0 Å². The van der Waals surface area contributed by atoms with Crippen molar-refractivity contribution in [3.8, 4) is 0 Å². The van der Waals surface area contributed by atoms with E-state index in [0.29, 0.717) is 22.5 Å². The molecule has 3 rings (SSSR count). The summed E-state index contributed by atoms with van der Waals surface area (Å²) in [6, 6.07) is 12.0. The van der Waals surface area contributed by atoms with Crippen LogP contribution in [0.25, 0.3) is 10.9 Å². The van der Waals surface area contributed by atoms with Gasteiger partial charge in [-0.3, -0.25) is 14.6 Å². The zero-order valence-corrected chi connectivity index (χ0v) is 13.0. The van der Waals surface area contributed by atoms with Gasteiger partial charge in [-0.2, -0.15) is 0 Å². The van der Waals surface area contributed by atoms with Crippen LogP contribution < -0.4 is 10.7 Å². The maximum absolute atomic E-state index is 12.1. The molecular weight excluding hydrogens is 314 g/mol. The highest BCUT2D eigenvalue weighted by molar-refractivity contribution is 6.31. The van der Waals surface area contributed by atoms with Gasteiger partial charge in [0.15, 0.2) is 5.43 Å². The number of hydrogen-bond acceptors (Lipinski definition) is 3. The van der Waals surface area contributed by atoms with Crippen LogP contribution in [0.15, 0.2) is 59.7 Å². The van der Waals surface area contributed by atoms with Crippen LogP contribution in [0.5, 0.6) is 0 Å². The Kier molecular flexibility index (Phi) is 4.39. The second-order valence-electron chi connectivity index (χ2n) is 5.07. The van der Waals surface area contributed by atoms with Crippen LogP contribution in [0.2, 0.25) is 5.02 Å². The number of aromatic nitrogens is 2. The lowest BCUT2D eigenvalue weighted by molar-refractivity contribution is -0.121. The van der Waals surface area contributed by atoms with Crippen LogP contribution in [0.1, 0.15) is 5.69 Å². The number of carbonyl (C=O) groups is 1. The van der Waals surface area contributed by atoms with Crippen LogP contribution in [-0.2, 0) is 17.9 Å². The first kappa shape index (κ1) is 15.2. The van der Waals surface area contributed by atoms with E-state index in [1.54, 1.807) is 35.2 Å². The predicted molar refractivity (Wildman–Crippen MR) is 89.3 cm³/mol. The van der Waals surface area contributed by atoms with Crippen LogP contribution in [-0.4, -0.2) is 15.5 Å². The Hall–Kier alpha value is -2.66. The lowest BCUT2D eigenvalue weighted by Crippen LogP contribution is -2.28. The number of halogens is 1. The van der Waals surface area contributed by atoms with E-state index in [0.717, 1.165) is 5.69 Å². The Labute approximate surface area is 137 Å². The zero-order valence-electron chi connectivity index (χ0n) is 12.2. The lowest BCUT2D eigenvalue weighted by atomic mass is 10.2. The molecule has 0 saturated heterocycles. The number of fused-ring (bicyclic) bond motifs is 1. The number of nitrogens with one attached hydrogen (secondary N) is 1. The summed E-state index contributed by atoms with van der Waals surface area (Å²) >= 11 is 5.93. The predicted octanol–water partition coefficient (Wildman–Crippen LogP) is 2.37. The minimum Gasteiger partial charge on any atom is -0.349 e. The fraction of sp³-hybridized carbons (Fsp3) is 0.118. The van der Waals surface area contributed by atoms with Crippen molar-refractivity contribution in [3.63, 3.8) is 0 Å². The summed E-state index contributed by atoms with van der Waals surface area (Å²) in [5, 5.41) is 3.80. The smallest absolute Gasteiger partial charge is 0.240 e. The lowest BCUT2D eigenvalue weighted by Gasteiger charge is -2.11. The Balaban J connectivity index is 1.77. The highest BCUT2D eigenvalue weighted by Gasteiger charge is 2.07. The molecule has 116 valence electrons. The molecule has 0 aliphatic rings. The number of carbonyl (C=O) groups excluding carboxylic acids is 1. The van der Waals surface area contributed by atoms with E-state index in [9.17, 15) is 9.59 Å². The molecule has 0 aliphatic carbocycles. The standard InChI is InChI=1S/C17H14ClN3O2/c18-12-4-5-15-14(9-12)16(22)6-8-21(15)11-17(23)20-10-13-3-1-2-7-19-13/h1-9H,10-11H2,(H,20,23). The third-order valence-electron chi connectivity index (χ3n) is 3.45. The molecule has 0 spiro atoms. The van der Waals surface area contributed by atoms with Crippen molar-refractivity contribution < 1.29 is 4.79 Å². The van der Waals surface area contributed by atoms with Crippen LogP contribution in [0, 0.1) is 0 Å². The fourth-order valence-electron chi connectivity index (χ4n) is 2.32. The first-order valence-corrected chi connectivity index (χ1v) is 7.46. The van der Waals surface area contributed by atoms with Crippen molar-refractivity contribution in [2.45, 2.75) is 13.1 Å². The van der Waals surface area contributed by atoms with Crippen molar-refractivity contribution in [3.05, 3.63) is 75.8 Å². The average molecular weight is 328 g/mol. The Morgan fingerprint density at radius 3 is 2.87 bits per heavy atom. The van der Waals surface area contributed by atoms with Crippen molar-refractivity contribution in [1.82, 2.24) is 14.9 Å². The van der Waals surface area contributed by atoms with Crippen molar-refractivity contribution in [2.75, 3.05) is 0 Å². The van der Waals surface area contributed by atoms with Crippen molar-refractivity contribution in [1.29, 1.82) is 0 Å². The van der Waals surface area contributed by atoms with E-state index in [1.807, 2.05) is 18.2 Å². The topological polar surface area (TPSA) is 64.0 Å². The molecule has 1 N–H and O–H groups in total. The maximum atomic E-state index is 12.1. The van der Waals surface area contributed by atoms with Crippen LogP contribution in [0.3, 0.4) is 0 Å². The van der Waals surface area contributed by atoms with E-state index in [1.165, 1.54) is 6.07 Å². The molecule has 0 radical (unpaired) electrons. The van der Waals surface area contributed by atoms with Crippen LogP contribution in [0.4, 0.5) is 0 Å². The van der Waals surface area contributed by atoms with Gasteiger partial charge in [0.2, 0.25) is 5.91 Å². The molecule has 23 heavy (non-hydrogen) atoms. The van der Waals surface area contributed by atoms with Gasteiger partial charge in [-0.15, -0.1) is 0 Å². The molecule has 5 nitrogen and oxygen atoms in total. The highest BCUT2D eigenvalue weighted by atomic mass is 35.5. The van der Waals surface area contributed by atoms with Gasteiger partial charge in [0.1, 0.15) is 6.54 Å². The van der Waals surface area contributed by atoms with E-state index >= 15 is 0 Å². The Bertz CT molecular complexity index is 907. The molecule has 0 atom stereocenters. The molecule has 0 saturated carbocycles. The number of pyridine rings is 2. The largest absolute Gasteiger partial charge is 0.349 e. The summed E-state index contributed by atoms with van der Waals surface area (Å²) in [4.78, 5) is 28.2. The second-order valence-corrected chi connectivity index (χ2v) is 5.50. The molecule has 6 heteroatoms. The van der Waals surface area contributed by atoms with E-state index in [-0.39, 0.29) is 17.9 Å². The molecule has 1 aromatic carbocycles. The van der Waals surface area contributed by atoms with Gasteiger partial charge in [0.05, 0.1) is 17.8 Å². The second kappa shape index (κ2) is 6.62. The number of hydrogen-bond donors (Lipinski definition) is 1. The van der Waals surface area contributed by atoms with Gasteiger partial charge < -0.3 is 9.88 Å². The van der Waals surface area contributed by atoms with Gasteiger partial charge >= 0.3 is 0 Å². The minimum atomic E-state index is -0.157. The van der Waals surface area contributed by atoms with Crippen LogP contribution >= 0.6 is 11.6 Å². The average Bonchev–Trinajstić information content (AvgIpc) is 2.57. The molecule has 3 aromatic rings. The molecular formula is C17H14ClN3O2. The van der Waals surface area contributed by atoms with Crippen molar-refractivity contribution >= 4 is 28.4 Å². The van der Waals surface area contributed by atoms with Crippen molar-refractivity contribution in [2.24, 2.45) is 0 Å². The number of benzene rings is 1. The SMILES string of the molecule is O=C(Cn1ccc(=O)c2cc(Cl)ccc21)NCc1ccccn1. The first-order chi connectivity index (χ1) is 11.1. The van der Waals surface area contributed by atoms with Gasteiger partial charge in [-0.05, 0) is 30.3 Å². The monoisotopic (exact) mass is 327 g/mol. The number of nitrogens with zero attached hydrogens (tertiary/aromatic N) is 2. The minimum absolute atomic E-state index is 0.116. The van der Waals surface area contributed by atoms with Gasteiger partial charge in [0.25, 0.3) is 0 Å². The number of rotatable bonds is 4. The Morgan fingerprint density at radius 1 is 1.22 bits per heavy atom. The summed E-state index contributed by atoms with van der Waals surface area (Å²) in [6.45, 7) is 0.481. The van der Waals surface area contributed by atoms with E-state index in [4.69, 9.17) is 11.6 Å². The van der Waals surface area contributed by atoms with Gasteiger partial charge in [-0.1, -0.05) is 17.7 Å². The molecule has 0 fully saturated rings. The van der Waals surface area contributed by atoms with E-state index in [2.05, 4.69) is 10.3 Å². The molecule has 1 amide bonds. The molecule has 0 bridgehead atoms. The summed E-state index contributed by atoms with van der Waals surface area (Å²) in [6.07, 6.45) is 3.29. The molecule has 2 aromatic heterocycles. The summed E-state index contributed by atoms with van der Waals surface area (Å²) in [5.74, 6) is -0.157. The Morgan fingerprint density at radius 2 is 2.09 bits per heavy atom. The first-order valence-electron chi connectivity index (χ1n) is 7.09. The van der Waals surface area contributed by atoms with Gasteiger partial charge in [0, 0.05) is 28.9 Å².